The van der Waals surface area contributed by atoms with E-state index in [0.717, 1.165) is 24.9 Å². The van der Waals surface area contributed by atoms with Crippen LogP contribution in [0.1, 0.15) is 11.1 Å². The Labute approximate surface area is 117 Å². The summed E-state index contributed by atoms with van der Waals surface area (Å²) in [5.41, 5.74) is 3.70. The maximum atomic E-state index is 11.0. The van der Waals surface area contributed by atoms with Crippen LogP contribution < -0.4 is 10.6 Å². The van der Waals surface area contributed by atoms with Crippen molar-refractivity contribution in [1.82, 2.24) is 15.6 Å². The van der Waals surface area contributed by atoms with Crippen molar-refractivity contribution in [3.8, 4) is 0 Å². The molecule has 2 aromatic rings. The van der Waals surface area contributed by atoms with Gasteiger partial charge in [-0.25, -0.2) is 4.79 Å². The molecule has 20 heavy (non-hydrogen) atoms. The van der Waals surface area contributed by atoms with E-state index < -0.39 is 0 Å². The van der Waals surface area contributed by atoms with Gasteiger partial charge in [0.05, 0.1) is 6.04 Å². The van der Waals surface area contributed by atoms with Crippen molar-refractivity contribution < 1.29 is 9.53 Å². The Bertz CT molecular complexity index is 621. The van der Waals surface area contributed by atoms with Crippen molar-refractivity contribution in [3.05, 3.63) is 35.5 Å². The van der Waals surface area contributed by atoms with E-state index in [0.29, 0.717) is 6.61 Å². The number of alkyl carbamates (subject to hydrolysis) is 1. The number of ether oxygens (including phenoxy) is 1. The highest BCUT2D eigenvalue weighted by Crippen LogP contribution is 2.21. The lowest BCUT2D eigenvalue weighted by Crippen LogP contribution is -2.28. The molecule has 5 heteroatoms. The zero-order chi connectivity index (χ0) is 13.9. The molecule has 1 aromatic heterocycles. The molecule has 0 unspecified atom stereocenters. The van der Waals surface area contributed by atoms with Gasteiger partial charge in [-0.2, -0.15) is 0 Å². The second-order valence-corrected chi connectivity index (χ2v) is 5.19. The minimum Gasteiger partial charge on any atom is -0.447 e. The molecule has 5 nitrogen and oxygen atoms in total. The summed E-state index contributed by atoms with van der Waals surface area (Å²) in [7, 11) is 1.96. The minimum atomic E-state index is -0.313. The maximum Gasteiger partial charge on any atom is 0.407 e. The van der Waals surface area contributed by atoms with E-state index in [1.54, 1.807) is 0 Å². The molecule has 0 saturated carbocycles. The first-order chi connectivity index (χ1) is 9.76. The first-order valence-electron chi connectivity index (χ1n) is 6.93. The van der Waals surface area contributed by atoms with Gasteiger partial charge in [0, 0.05) is 17.1 Å². The smallest absolute Gasteiger partial charge is 0.407 e. The predicted octanol–water partition coefficient (Wildman–Crippen LogP) is 1.58. The molecule has 0 spiro atoms. The van der Waals surface area contributed by atoms with Crippen LogP contribution in [0.25, 0.3) is 10.9 Å². The molecule has 2 heterocycles. The zero-order valence-corrected chi connectivity index (χ0v) is 11.5. The first-order valence-corrected chi connectivity index (χ1v) is 6.93. The molecule has 0 radical (unpaired) electrons. The molecule has 1 aliphatic heterocycles. The van der Waals surface area contributed by atoms with Gasteiger partial charge in [0.15, 0.2) is 0 Å². The van der Waals surface area contributed by atoms with Gasteiger partial charge in [0.1, 0.15) is 6.61 Å². The molecular weight excluding hydrogens is 254 g/mol. The van der Waals surface area contributed by atoms with Gasteiger partial charge in [-0.05, 0) is 49.7 Å². The van der Waals surface area contributed by atoms with Crippen LogP contribution >= 0.6 is 0 Å². The van der Waals surface area contributed by atoms with Gasteiger partial charge in [-0.1, -0.05) is 6.07 Å². The van der Waals surface area contributed by atoms with Crippen LogP contribution in [0.5, 0.6) is 0 Å². The number of aromatic nitrogens is 1. The summed E-state index contributed by atoms with van der Waals surface area (Å²) in [6, 6.07) is 6.50. The zero-order valence-electron chi connectivity index (χ0n) is 11.5. The summed E-state index contributed by atoms with van der Waals surface area (Å²) < 4.78 is 4.92. The van der Waals surface area contributed by atoms with Crippen molar-refractivity contribution in [1.29, 1.82) is 0 Å². The Morgan fingerprint density at radius 1 is 1.45 bits per heavy atom. The number of fused-ring (bicyclic) bond motifs is 1. The molecule has 3 N–H and O–H groups in total. The largest absolute Gasteiger partial charge is 0.447 e. The number of carbonyl (C=O) groups is 1. The van der Waals surface area contributed by atoms with Crippen molar-refractivity contribution in [2.24, 2.45) is 0 Å². The van der Waals surface area contributed by atoms with E-state index in [4.69, 9.17) is 4.74 Å². The van der Waals surface area contributed by atoms with Crippen LogP contribution in [0.3, 0.4) is 0 Å². The van der Waals surface area contributed by atoms with Crippen LogP contribution in [0.4, 0.5) is 4.79 Å². The molecule has 106 valence electrons. The summed E-state index contributed by atoms with van der Waals surface area (Å²) in [4.78, 5) is 14.3. The van der Waals surface area contributed by atoms with Crippen molar-refractivity contribution in [3.63, 3.8) is 0 Å². The number of likely N-dealkylation sites (N-methyl/N-ethyl adjacent to an activating group) is 1. The molecule has 0 bridgehead atoms. The molecule has 1 aliphatic rings. The number of nitrogens with one attached hydrogen (secondary N) is 3. The van der Waals surface area contributed by atoms with Crippen LogP contribution in [0.15, 0.2) is 24.4 Å². The molecule has 0 aliphatic carbocycles. The third-order valence-corrected chi connectivity index (χ3v) is 3.70. The van der Waals surface area contributed by atoms with Crippen LogP contribution in [-0.2, 0) is 17.6 Å². The fraction of sp³-hybridized carbons (Fsp3) is 0.400. The number of cyclic esters (lactones) is 1. The van der Waals surface area contributed by atoms with E-state index in [1.807, 2.05) is 7.05 Å². The fourth-order valence-corrected chi connectivity index (χ4v) is 2.64. The fourth-order valence-electron chi connectivity index (χ4n) is 2.64. The molecule has 1 saturated heterocycles. The molecule has 1 aromatic carbocycles. The highest BCUT2D eigenvalue weighted by Gasteiger charge is 2.22. The number of hydrogen-bond acceptors (Lipinski definition) is 3. The van der Waals surface area contributed by atoms with Crippen molar-refractivity contribution in [2.45, 2.75) is 18.9 Å². The number of amides is 1. The third kappa shape index (κ3) is 2.63. The Balaban J connectivity index is 1.79. The summed E-state index contributed by atoms with van der Waals surface area (Å²) in [6.07, 6.45) is 3.57. The van der Waals surface area contributed by atoms with Crippen molar-refractivity contribution in [2.75, 3.05) is 20.2 Å². The van der Waals surface area contributed by atoms with E-state index in [9.17, 15) is 4.79 Å². The number of benzene rings is 1. The standard InChI is InChI=1S/C15H19N3O2/c1-16-5-4-11-8-17-14-3-2-10(7-13(11)14)6-12-9-20-15(19)18-12/h2-3,7-8,12,16-17H,4-6,9H2,1H3,(H,18,19)/t12-/m1/s1. The highest BCUT2D eigenvalue weighted by molar-refractivity contribution is 5.84. The predicted molar refractivity (Wildman–Crippen MR) is 77.9 cm³/mol. The average molecular weight is 273 g/mol. The van der Waals surface area contributed by atoms with E-state index in [1.165, 1.54) is 16.5 Å². The Morgan fingerprint density at radius 2 is 2.35 bits per heavy atom. The summed E-state index contributed by atoms with van der Waals surface area (Å²) in [5.74, 6) is 0. The Morgan fingerprint density at radius 3 is 3.10 bits per heavy atom. The van der Waals surface area contributed by atoms with E-state index >= 15 is 0 Å². The van der Waals surface area contributed by atoms with Gasteiger partial charge in [-0.3, -0.25) is 0 Å². The van der Waals surface area contributed by atoms with Gasteiger partial charge in [0.25, 0.3) is 0 Å². The van der Waals surface area contributed by atoms with Gasteiger partial charge in [-0.15, -0.1) is 0 Å². The summed E-state index contributed by atoms with van der Waals surface area (Å²) >= 11 is 0. The van der Waals surface area contributed by atoms with E-state index in [-0.39, 0.29) is 12.1 Å². The number of hydrogen-bond donors (Lipinski definition) is 3. The lowest BCUT2D eigenvalue weighted by molar-refractivity contribution is 0.177. The van der Waals surface area contributed by atoms with Crippen LogP contribution in [-0.4, -0.2) is 37.3 Å². The van der Waals surface area contributed by atoms with Crippen molar-refractivity contribution >= 4 is 17.0 Å². The molecule has 1 atom stereocenters. The monoisotopic (exact) mass is 273 g/mol. The maximum absolute atomic E-state index is 11.0. The Kier molecular flexibility index (Phi) is 3.60. The number of rotatable bonds is 5. The third-order valence-electron chi connectivity index (χ3n) is 3.70. The Hall–Kier alpha value is -2.01. The second kappa shape index (κ2) is 5.54. The first kappa shape index (κ1) is 13.0. The molecule has 1 amide bonds. The highest BCUT2D eigenvalue weighted by atomic mass is 16.6. The lowest BCUT2D eigenvalue weighted by Gasteiger charge is -2.08. The molecule has 3 rings (SSSR count). The number of carbonyl (C=O) groups excluding carboxylic acids is 1. The number of H-pyrrole nitrogens is 1. The van der Waals surface area contributed by atoms with Gasteiger partial charge < -0.3 is 20.4 Å². The van der Waals surface area contributed by atoms with Crippen LogP contribution in [0, 0.1) is 0 Å². The normalized spacial score (nSPS) is 18.2. The van der Waals surface area contributed by atoms with E-state index in [2.05, 4.69) is 40.0 Å². The minimum absolute atomic E-state index is 0.0830. The lowest BCUT2D eigenvalue weighted by atomic mass is 10.0. The second-order valence-electron chi connectivity index (χ2n) is 5.19. The molecular formula is C15H19N3O2. The SMILES string of the molecule is CNCCc1c[nH]c2ccc(C[C@@H]3COC(=O)N3)cc12. The van der Waals surface area contributed by atoms with Crippen LogP contribution in [0.2, 0.25) is 0 Å². The summed E-state index contributed by atoms with van der Waals surface area (Å²) in [5, 5.41) is 7.25. The van der Waals surface area contributed by atoms with Gasteiger partial charge in [0.2, 0.25) is 0 Å². The quantitative estimate of drug-likeness (QED) is 0.775. The number of aromatic amines is 1. The summed E-state index contributed by atoms with van der Waals surface area (Å²) in [6.45, 7) is 1.42. The average Bonchev–Trinajstić information content (AvgIpc) is 3.03. The topological polar surface area (TPSA) is 66.1 Å². The van der Waals surface area contributed by atoms with Gasteiger partial charge >= 0.3 is 6.09 Å². The molecule has 1 fully saturated rings.